The molecule has 1 aliphatic heterocycles. The standard InChI is InChI=1S/C18H27N3O/c1-22-16-8-6-15(7-9-16)14-20-17-18(21-13-12-19-17)10-4-2-3-5-11-18/h6-9,21H,2-5,10-14H2,1H3,(H,19,20). The summed E-state index contributed by atoms with van der Waals surface area (Å²) >= 11 is 0. The first-order valence-corrected chi connectivity index (χ1v) is 8.49. The molecular weight excluding hydrogens is 274 g/mol. The first-order chi connectivity index (χ1) is 10.8. The molecule has 2 N–H and O–H groups in total. The second-order valence-corrected chi connectivity index (χ2v) is 6.36. The number of rotatable bonds is 3. The summed E-state index contributed by atoms with van der Waals surface area (Å²) in [5, 5.41) is 7.38. The van der Waals surface area contributed by atoms with Gasteiger partial charge in [0, 0.05) is 13.1 Å². The SMILES string of the molecule is COc1ccc(CNC2=NCCNC23CCCCCC3)cc1. The fourth-order valence-corrected chi connectivity index (χ4v) is 3.60. The summed E-state index contributed by atoms with van der Waals surface area (Å²) in [6.45, 7) is 2.71. The molecule has 2 aliphatic rings. The fraction of sp³-hybridized carbons (Fsp3) is 0.611. The summed E-state index contributed by atoms with van der Waals surface area (Å²) in [7, 11) is 1.70. The lowest BCUT2D eigenvalue weighted by Crippen LogP contribution is -2.59. The number of nitrogens with one attached hydrogen (secondary N) is 2. The van der Waals surface area contributed by atoms with Crippen LogP contribution in [0.3, 0.4) is 0 Å². The predicted octanol–water partition coefficient (Wildman–Crippen LogP) is 2.88. The summed E-state index contributed by atoms with van der Waals surface area (Å²) in [6, 6.07) is 8.25. The third kappa shape index (κ3) is 3.43. The van der Waals surface area contributed by atoms with Gasteiger partial charge in [0.1, 0.15) is 11.6 Å². The molecule has 1 saturated carbocycles. The molecule has 4 heteroatoms. The van der Waals surface area contributed by atoms with Gasteiger partial charge in [-0.3, -0.25) is 4.99 Å². The first-order valence-electron chi connectivity index (χ1n) is 8.49. The van der Waals surface area contributed by atoms with Crippen LogP contribution < -0.4 is 15.4 Å². The molecule has 0 atom stereocenters. The molecule has 22 heavy (non-hydrogen) atoms. The zero-order valence-electron chi connectivity index (χ0n) is 13.5. The van der Waals surface area contributed by atoms with Crippen LogP contribution in [0.1, 0.15) is 44.1 Å². The minimum Gasteiger partial charge on any atom is -0.497 e. The Morgan fingerprint density at radius 2 is 1.86 bits per heavy atom. The van der Waals surface area contributed by atoms with Crippen LogP contribution in [0.15, 0.2) is 29.3 Å². The maximum atomic E-state index is 5.21. The van der Waals surface area contributed by atoms with Gasteiger partial charge < -0.3 is 15.4 Å². The van der Waals surface area contributed by atoms with Crippen molar-refractivity contribution in [2.24, 2.45) is 4.99 Å². The van der Waals surface area contributed by atoms with Gasteiger partial charge in [0.2, 0.25) is 0 Å². The lowest BCUT2D eigenvalue weighted by atomic mass is 9.87. The summed E-state index contributed by atoms with van der Waals surface area (Å²) in [6.07, 6.45) is 7.74. The number of methoxy groups -OCH3 is 1. The summed E-state index contributed by atoms with van der Waals surface area (Å²) in [4.78, 5) is 4.82. The smallest absolute Gasteiger partial charge is 0.118 e. The molecule has 0 radical (unpaired) electrons. The van der Waals surface area contributed by atoms with Crippen molar-refractivity contribution in [2.75, 3.05) is 20.2 Å². The van der Waals surface area contributed by atoms with Crippen molar-refractivity contribution in [3.8, 4) is 5.75 Å². The molecule has 0 amide bonds. The molecule has 120 valence electrons. The highest BCUT2D eigenvalue weighted by Gasteiger charge is 2.37. The predicted molar refractivity (Wildman–Crippen MR) is 90.6 cm³/mol. The molecule has 1 aliphatic carbocycles. The van der Waals surface area contributed by atoms with Gasteiger partial charge in [0.25, 0.3) is 0 Å². The van der Waals surface area contributed by atoms with Gasteiger partial charge in [-0.15, -0.1) is 0 Å². The molecule has 0 bridgehead atoms. The molecule has 1 heterocycles. The average Bonchev–Trinajstić information content (AvgIpc) is 2.81. The van der Waals surface area contributed by atoms with Crippen LogP contribution in [0.25, 0.3) is 0 Å². The van der Waals surface area contributed by atoms with Crippen molar-refractivity contribution < 1.29 is 4.74 Å². The van der Waals surface area contributed by atoms with Gasteiger partial charge in [-0.1, -0.05) is 37.8 Å². The van der Waals surface area contributed by atoms with E-state index in [1.807, 2.05) is 12.1 Å². The Bertz CT molecular complexity index is 502. The van der Waals surface area contributed by atoms with E-state index < -0.39 is 0 Å². The van der Waals surface area contributed by atoms with E-state index in [0.29, 0.717) is 0 Å². The number of hydrogen-bond donors (Lipinski definition) is 2. The number of amidine groups is 1. The van der Waals surface area contributed by atoms with Gasteiger partial charge in [0.05, 0.1) is 19.2 Å². The monoisotopic (exact) mass is 301 g/mol. The van der Waals surface area contributed by atoms with Gasteiger partial charge >= 0.3 is 0 Å². The minimum absolute atomic E-state index is 0.0984. The molecule has 1 fully saturated rings. The molecule has 0 unspecified atom stereocenters. The highest BCUT2D eigenvalue weighted by atomic mass is 16.5. The summed E-state index contributed by atoms with van der Waals surface area (Å²) in [5.74, 6) is 2.08. The van der Waals surface area contributed by atoms with Gasteiger partial charge in [0.15, 0.2) is 0 Å². The normalized spacial score (nSPS) is 21.0. The maximum Gasteiger partial charge on any atom is 0.118 e. The topological polar surface area (TPSA) is 45.6 Å². The van der Waals surface area contributed by atoms with Crippen molar-refractivity contribution in [3.05, 3.63) is 29.8 Å². The Hall–Kier alpha value is -1.55. The van der Waals surface area contributed by atoms with E-state index in [1.54, 1.807) is 7.11 Å². The zero-order valence-corrected chi connectivity index (χ0v) is 13.5. The zero-order chi connectivity index (χ0) is 15.3. The molecule has 0 saturated heterocycles. The number of aliphatic imine (C=N–C) groups is 1. The van der Waals surface area contributed by atoms with Crippen molar-refractivity contribution in [1.29, 1.82) is 0 Å². The number of benzene rings is 1. The Kier molecular flexibility index (Phi) is 4.98. The largest absolute Gasteiger partial charge is 0.497 e. The fourth-order valence-electron chi connectivity index (χ4n) is 3.60. The highest BCUT2D eigenvalue weighted by Crippen LogP contribution is 2.29. The molecule has 1 spiro atoms. The van der Waals surface area contributed by atoms with E-state index in [-0.39, 0.29) is 5.54 Å². The van der Waals surface area contributed by atoms with E-state index in [1.165, 1.54) is 49.9 Å². The lowest BCUT2D eigenvalue weighted by molar-refractivity contribution is 0.363. The van der Waals surface area contributed by atoms with Crippen LogP contribution in [-0.2, 0) is 6.54 Å². The second kappa shape index (κ2) is 7.14. The van der Waals surface area contributed by atoms with E-state index in [9.17, 15) is 0 Å². The number of hydrogen-bond acceptors (Lipinski definition) is 4. The minimum atomic E-state index is 0.0984. The summed E-state index contributed by atoms with van der Waals surface area (Å²) in [5.41, 5.74) is 1.36. The van der Waals surface area contributed by atoms with Crippen LogP contribution >= 0.6 is 0 Å². The highest BCUT2D eigenvalue weighted by molar-refractivity contribution is 5.92. The van der Waals surface area contributed by atoms with Gasteiger partial charge in [-0.05, 0) is 30.5 Å². The molecule has 0 aromatic heterocycles. The third-order valence-electron chi connectivity index (χ3n) is 4.87. The van der Waals surface area contributed by atoms with E-state index in [2.05, 4.69) is 22.8 Å². The lowest BCUT2D eigenvalue weighted by Gasteiger charge is -2.38. The third-order valence-corrected chi connectivity index (χ3v) is 4.87. The van der Waals surface area contributed by atoms with Gasteiger partial charge in [-0.2, -0.15) is 0 Å². The molecule has 3 rings (SSSR count). The van der Waals surface area contributed by atoms with Crippen LogP contribution in [-0.4, -0.2) is 31.6 Å². The number of nitrogens with zero attached hydrogens (tertiary/aromatic N) is 1. The van der Waals surface area contributed by atoms with E-state index in [4.69, 9.17) is 9.73 Å². The van der Waals surface area contributed by atoms with Crippen molar-refractivity contribution in [3.63, 3.8) is 0 Å². The van der Waals surface area contributed by atoms with Gasteiger partial charge in [-0.25, -0.2) is 0 Å². The average molecular weight is 301 g/mol. The Labute approximate surface area is 133 Å². The van der Waals surface area contributed by atoms with E-state index >= 15 is 0 Å². The number of ether oxygens (including phenoxy) is 1. The van der Waals surface area contributed by atoms with Crippen LogP contribution in [0.4, 0.5) is 0 Å². The van der Waals surface area contributed by atoms with Crippen molar-refractivity contribution in [2.45, 2.75) is 50.6 Å². The van der Waals surface area contributed by atoms with E-state index in [0.717, 1.165) is 25.4 Å². The van der Waals surface area contributed by atoms with Crippen LogP contribution in [0.5, 0.6) is 5.75 Å². The molecule has 4 nitrogen and oxygen atoms in total. The van der Waals surface area contributed by atoms with Crippen LogP contribution in [0.2, 0.25) is 0 Å². The van der Waals surface area contributed by atoms with Crippen molar-refractivity contribution >= 4 is 5.84 Å². The first kappa shape index (κ1) is 15.3. The summed E-state index contributed by atoms with van der Waals surface area (Å²) < 4.78 is 5.21. The Morgan fingerprint density at radius 1 is 1.14 bits per heavy atom. The molecule has 1 aromatic carbocycles. The maximum absolute atomic E-state index is 5.21. The Balaban J connectivity index is 1.67. The quantitative estimate of drug-likeness (QED) is 0.902. The second-order valence-electron chi connectivity index (χ2n) is 6.36. The molecular formula is C18H27N3O. The van der Waals surface area contributed by atoms with Crippen LogP contribution in [0, 0.1) is 0 Å². The Morgan fingerprint density at radius 3 is 2.55 bits per heavy atom. The molecule has 1 aromatic rings. The van der Waals surface area contributed by atoms with Crippen molar-refractivity contribution in [1.82, 2.24) is 10.6 Å².